The highest BCUT2D eigenvalue weighted by Gasteiger charge is 2.36. The van der Waals surface area contributed by atoms with Gasteiger partial charge in [0.1, 0.15) is 0 Å². The molecule has 2 atom stereocenters. The summed E-state index contributed by atoms with van der Waals surface area (Å²) in [6.45, 7) is 2.62. The average molecular weight is 311 g/mol. The van der Waals surface area contributed by atoms with E-state index in [0.717, 1.165) is 69.3 Å². The molecule has 122 valence electrons. The molecule has 3 rings (SSSR count). The highest BCUT2D eigenvalue weighted by atomic mass is 16.1. The van der Waals surface area contributed by atoms with Gasteiger partial charge >= 0.3 is 0 Å². The molecule has 1 aliphatic carbocycles. The van der Waals surface area contributed by atoms with Crippen molar-refractivity contribution in [2.24, 2.45) is 5.92 Å². The number of hydrogen-bond acceptors (Lipinski definition) is 3. The van der Waals surface area contributed by atoms with E-state index in [-0.39, 0.29) is 11.8 Å². The molecule has 1 saturated carbocycles. The number of nitrogens with zero attached hydrogens (tertiary/aromatic N) is 2. The molecular formula is C19H25N3O. The molecule has 2 unspecified atom stereocenters. The van der Waals surface area contributed by atoms with Crippen LogP contribution >= 0.6 is 0 Å². The molecular weight excluding hydrogens is 286 g/mol. The van der Waals surface area contributed by atoms with Gasteiger partial charge in [-0.15, -0.1) is 0 Å². The van der Waals surface area contributed by atoms with Crippen LogP contribution in [0.1, 0.15) is 49.7 Å². The molecule has 1 saturated heterocycles. The molecule has 0 radical (unpaired) electrons. The summed E-state index contributed by atoms with van der Waals surface area (Å²) in [4.78, 5) is 14.9. The van der Waals surface area contributed by atoms with Gasteiger partial charge in [0.05, 0.1) is 17.6 Å². The Morgan fingerprint density at radius 2 is 2.04 bits per heavy atom. The van der Waals surface area contributed by atoms with Gasteiger partial charge in [-0.05, 0) is 43.9 Å². The van der Waals surface area contributed by atoms with Crippen molar-refractivity contribution >= 4 is 5.91 Å². The third-order valence-electron chi connectivity index (χ3n) is 5.22. The summed E-state index contributed by atoms with van der Waals surface area (Å²) < 4.78 is 0. The van der Waals surface area contributed by atoms with E-state index < -0.39 is 0 Å². The van der Waals surface area contributed by atoms with Crippen LogP contribution in [0.5, 0.6) is 0 Å². The topological polar surface area (TPSA) is 56.1 Å². The molecule has 4 heteroatoms. The maximum atomic E-state index is 12.4. The van der Waals surface area contributed by atoms with Crippen molar-refractivity contribution in [2.45, 2.75) is 51.1 Å². The van der Waals surface area contributed by atoms with Gasteiger partial charge in [0.15, 0.2) is 0 Å². The standard InChI is InChI=1S/C19H25N3O/c20-13-15-7-2-3-8-16(15)14-22-12-5-1-4-11-21-19(23)17-9-6-10-18(17)22/h2-3,7-8,17-18H,1,4-6,9-12,14H2,(H,21,23). The molecule has 2 aliphatic rings. The zero-order valence-corrected chi connectivity index (χ0v) is 13.6. The first-order valence-corrected chi connectivity index (χ1v) is 8.79. The highest BCUT2D eigenvalue weighted by molar-refractivity contribution is 5.79. The first-order chi connectivity index (χ1) is 11.3. The number of benzene rings is 1. The van der Waals surface area contributed by atoms with Gasteiger partial charge in [0.2, 0.25) is 5.91 Å². The minimum absolute atomic E-state index is 0.113. The predicted octanol–water partition coefficient (Wildman–Crippen LogP) is 2.83. The second-order valence-electron chi connectivity index (χ2n) is 6.70. The van der Waals surface area contributed by atoms with Gasteiger partial charge in [-0.25, -0.2) is 0 Å². The SMILES string of the molecule is N#Cc1ccccc1CN1CCCCCNC(=O)C2CCCC21. The smallest absolute Gasteiger partial charge is 0.224 e. The average Bonchev–Trinajstić information content (AvgIpc) is 3.06. The molecule has 0 bridgehead atoms. The molecule has 0 aromatic heterocycles. The van der Waals surface area contributed by atoms with Crippen LogP contribution < -0.4 is 5.32 Å². The van der Waals surface area contributed by atoms with Crippen molar-refractivity contribution < 1.29 is 4.79 Å². The van der Waals surface area contributed by atoms with Gasteiger partial charge < -0.3 is 5.32 Å². The zero-order chi connectivity index (χ0) is 16.1. The molecule has 2 fully saturated rings. The fourth-order valence-electron chi connectivity index (χ4n) is 3.99. The van der Waals surface area contributed by atoms with E-state index >= 15 is 0 Å². The zero-order valence-electron chi connectivity index (χ0n) is 13.6. The van der Waals surface area contributed by atoms with Crippen molar-refractivity contribution in [1.29, 1.82) is 5.26 Å². The lowest BCUT2D eigenvalue weighted by molar-refractivity contribution is -0.126. The molecule has 4 nitrogen and oxygen atoms in total. The maximum absolute atomic E-state index is 12.4. The maximum Gasteiger partial charge on any atom is 0.224 e. The van der Waals surface area contributed by atoms with Crippen molar-refractivity contribution in [3.63, 3.8) is 0 Å². The molecule has 0 spiro atoms. The summed E-state index contributed by atoms with van der Waals surface area (Å²) >= 11 is 0. The Kier molecular flexibility index (Phi) is 5.30. The monoisotopic (exact) mass is 311 g/mol. The van der Waals surface area contributed by atoms with Crippen molar-refractivity contribution in [2.75, 3.05) is 13.1 Å². The summed E-state index contributed by atoms with van der Waals surface area (Å²) in [5.74, 6) is 0.343. The summed E-state index contributed by atoms with van der Waals surface area (Å²) in [5, 5.41) is 12.4. The molecule has 1 N–H and O–H groups in total. The van der Waals surface area contributed by atoms with E-state index in [4.69, 9.17) is 0 Å². The molecule has 1 aromatic carbocycles. The van der Waals surface area contributed by atoms with Crippen molar-refractivity contribution in [3.8, 4) is 6.07 Å². The number of nitrogens with one attached hydrogen (secondary N) is 1. The summed E-state index contributed by atoms with van der Waals surface area (Å²) in [7, 11) is 0. The summed E-state index contributed by atoms with van der Waals surface area (Å²) in [6, 6.07) is 10.5. The fraction of sp³-hybridized carbons (Fsp3) is 0.579. The third-order valence-corrected chi connectivity index (χ3v) is 5.22. The van der Waals surface area contributed by atoms with Crippen LogP contribution in [0.15, 0.2) is 24.3 Å². The van der Waals surface area contributed by atoms with E-state index in [2.05, 4.69) is 16.3 Å². The number of hydrogen-bond donors (Lipinski definition) is 1. The molecule has 1 amide bonds. The minimum atomic E-state index is 0.113. The molecule has 1 aromatic rings. The summed E-state index contributed by atoms with van der Waals surface area (Å²) in [6.07, 6.45) is 6.58. The van der Waals surface area contributed by atoms with Crippen LogP contribution in [0.4, 0.5) is 0 Å². The normalized spacial score (nSPS) is 26.1. The number of nitriles is 1. The Morgan fingerprint density at radius 1 is 1.17 bits per heavy atom. The first-order valence-electron chi connectivity index (χ1n) is 8.79. The second kappa shape index (κ2) is 7.61. The van der Waals surface area contributed by atoms with E-state index in [1.54, 1.807) is 0 Å². The van der Waals surface area contributed by atoms with E-state index in [1.165, 1.54) is 0 Å². The molecule has 1 aliphatic heterocycles. The third kappa shape index (κ3) is 3.73. The Bertz CT molecular complexity index is 593. The van der Waals surface area contributed by atoms with E-state index in [0.29, 0.717) is 6.04 Å². The summed E-state index contributed by atoms with van der Waals surface area (Å²) in [5.41, 5.74) is 1.83. The van der Waals surface area contributed by atoms with Gasteiger partial charge in [-0.1, -0.05) is 31.0 Å². The lowest BCUT2D eigenvalue weighted by atomic mass is 9.98. The lowest BCUT2D eigenvalue weighted by Crippen LogP contribution is -2.45. The van der Waals surface area contributed by atoms with E-state index in [1.807, 2.05) is 24.3 Å². The van der Waals surface area contributed by atoms with Gasteiger partial charge in [-0.3, -0.25) is 9.69 Å². The van der Waals surface area contributed by atoms with Crippen LogP contribution in [0.3, 0.4) is 0 Å². The predicted molar refractivity (Wildman–Crippen MR) is 89.6 cm³/mol. The number of carbonyl (C=O) groups is 1. The highest BCUT2D eigenvalue weighted by Crippen LogP contribution is 2.32. The number of fused-ring (bicyclic) bond motifs is 1. The minimum Gasteiger partial charge on any atom is -0.356 e. The Labute approximate surface area is 138 Å². The van der Waals surface area contributed by atoms with Crippen LogP contribution in [0.25, 0.3) is 0 Å². The Morgan fingerprint density at radius 3 is 2.91 bits per heavy atom. The van der Waals surface area contributed by atoms with Crippen molar-refractivity contribution in [1.82, 2.24) is 10.2 Å². The van der Waals surface area contributed by atoms with Crippen LogP contribution in [-0.2, 0) is 11.3 Å². The molecule has 23 heavy (non-hydrogen) atoms. The Balaban J connectivity index is 1.81. The lowest BCUT2D eigenvalue weighted by Gasteiger charge is -2.33. The quantitative estimate of drug-likeness (QED) is 0.913. The van der Waals surface area contributed by atoms with Gasteiger partial charge in [0.25, 0.3) is 0 Å². The van der Waals surface area contributed by atoms with Gasteiger partial charge in [0, 0.05) is 19.1 Å². The van der Waals surface area contributed by atoms with Gasteiger partial charge in [-0.2, -0.15) is 5.26 Å². The number of amides is 1. The fourth-order valence-corrected chi connectivity index (χ4v) is 3.99. The first kappa shape index (κ1) is 16.0. The largest absolute Gasteiger partial charge is 0.356 e. The van der Waals surface area contributed by atoms with Crippen LogP contribution in [-0.4, -0.2) is 29.9 Å². The number of carbonyl (C=O) groups excluding carboxylic acids is 1. The van der Waals surface area contributed by atoms with Crippen LogP contribution in [0.2, 0.25) is 0 Å². The Hall–Kier alpha value is -1.86. The van der Waals surface area contributed by atoms with E-state index in [9.17, 15) is 10.1 Å². The van der Waals surface area contributed by atoms with Crippen LogP contribution in [0, 0.1) is 17.2 Å². The van der Waals surface area contributed by atoms with Crippen molar-refractivity contribution in [3.05, 3.63) is 35.4 Å². The number of rotatable bonds is 2. The molecule has 1 heterocycles. The second-order valence-corrected chi connectivity index (χ2v) is 6.70.